The monoisotopic (exact) mass is 482 g/mol. The van der Waals surface area contributed by atoms with Crippen LogP contribution >= 0.6 is 23.6 Å². The van der Waals surface area contributed by atoms with Crippen LogP contribution in [0.3, 0.4) is 0 Å². The van der Waals surface area contributed by atoms with E-state index in [0.29, 0.717) is 22.0 Å². The SMILES string of the molecule is C[C@H]1CCc2c(sc(NC(=S)NC(=O)c3cc(-c4ccccc4)nc4ccccc34)c2C#N)C1. The smallest absolute Gasteiger partial charge is 0.258 e. The number of nitrogens with zero attached hydrogens (tertiary/aromatic N) is 2. The number of para-hydroxylation sites is 1. The Morgan fingerprint density at radius 3 is 2.74 bits per heavy atom. The molecule has 5 rings (SSSR count). The first-order valence-electron chi connectivity index (χ1n) is 11.2. The zero-order chi connectivity index (χ0) is 23.7. The van der Waals surface area contributed by atoms with Crippen LogP contribution in [0.4, 0.5) is 5.00 Å². The Labute approximate surface area is 207 Å². The normalized spacial score (nSPS) is 14.8. The molecule has 1 amide bonds. The number of nitrogens with one attached hydrogen (secondary N) is 2. The van der Waals surface area contributed by atoms with Crippen molar-refractivity contribution in [2.45, 2.75) is 26.2 Å². The van der Waals surface area contributed by atoms with Crippen molar-refractivity contribution < 1.29 is 4.79 Å². The minimum absolute atomic E-state index is 0.176. The molecule has 1 aliphatic rings. The number of amides is 1. The second kappa shape index (κ2) is 9.34. The zero-order valence-corrected chi connectivity index (χ0v) is 20.2. The van der Waals surface area contributed by atoms with Crippen LogP contribution < -0.4 is 10.6 Å². The lowest BCUT2D eigenvalue weighted by Gasteiger charge is -2.17. The molecular formula is C27H22N4OS2. The molecule has 0 aliphatic heterocycles. The minimum atomic E-state index is -0.318. The highest BCUT2D eigenvalue weighted by molar-refractivity contribution is 7.80. The van der Waals surface area contributed by atoms with Gasteiger partial charge in [0, 0.05) is 15.8 Å². The molecule has 0 radical (unpaired) electrons. The summed E-state index contributed by atoms with van der Waals surface area (Å²) in [7, 11) is 0. The van der Waals surface area contributed by atoms with Crippen molar-refractivity contribution in [2.75, 3.05) is 5.32 Å². The van der Waals surface area contributed by atoms with E-state index in [9.17, 15) is 10.1 Å². The number of thiophene rings is 1. The van der Waals surface area contributed by atoms with Gasteiger partial charge in [-0.3, -0.25) is 10.1 Å². The topological polar surface area (TPSA) is 77.8 Å². The second-order valence-electron chi connectivity index (χ2n) is 8.51. The highest BCUT2D eigenvalue weighted by atomic mass is 32.1. The van der Waals surface area contributed by atoms with Crippen LogP contribution in [0.2, 0.25) is 0 Å². The number of hydrogen-bond donors (Lipinski definition) is 2. The molecule has 5 nitrogen and oxygen atoms in total. The van der Waals surface area contributed by atoms with Gasteiger partial charge in [0.15, 0.2) is 5.11 Å². The van der Waals surface area contributed by atoms with Gasteiger partial charge in [-0.2, -0.15) is 5.26 Å². The number of carbonyl (C=O) groups excluding carboxylic acids is 1. The third-order valence-electron chi connectivity index (χ3n) is 6.11. The number of thiocarbonyl (C=S) groups is 1. The van der Waals surface area contributed by atoms with Crippen molar-refractivity contribution in [1.82, 2.24) is 10.3 Å². The summed E-state index contributed by atoms with van der Waals surface area (Å²) < 4.78 is 0. The fourth-order valence-corrected chi connectivity index (χ4v) is 6.01. The predicted molar refractivity (Wildman–Crippen MR) is 141 cm³/mol. The third kappa shape index (κ3) is 4.30. The average molecular weight is 483 g/mol. The third-order valence-corrected chi connectivity index (χ3v) is 7.48. The van der Waals surface area contributed by atoms with Gasteiger partial charge in [-0.05, 0) is 55.1 Å². The number of fused-ring (bicyclic) bond motifs is 2. The summed E-state index contributed by atoms with van der Waals surface area (Å²) in [4.78, 5) is 19.3. The van der Waals surface area contributed by atoms with Gasteiger partial charge < -0.3 is 5.32 Å². The minimum Gasteiger partial charge on any atom is -0.323 e. The van der Waals surface area contributed by atoms with Gasteiger partial charge in [-0.15, -0.1) is 11.3 Å². The van der Waals surface area contributed by atoms with E-state index in [4.69, 9.17) is 17.2 Å². The van der Waals surface area contributed by atoms with Crippen LogP contribution in [0, 0.1) is 17.2 Å². The molecule has 2 heterocycles. The Bertz CT molecular complexity index is 1450. The maximum Gasteiger partial charge on any atom is 0.258 e. The molecule has 4 aromatic rings. The number of aromatic nitrogens is 1. The molecule has 7 heteroatoms. The van der Waals surface area contributed by atoms with E-state index in [1.54, 1.807) is 17.4 Å². The Balaban J connectivity index is 1.42. The molecule has 1 aliphatic carbocycles. The van der Waals surface area contributed by atoms with Crippen LogP contribution in [0.25, 0.3) is 22.2 Å². The molecule has 0 saturated carbocycles. The Morgan fingerprint density at radius 2 is 1.94 bits per heavy atom. The Morgan fingerprint density at radius 1 is 1.18 bits per heavy atom. The van der Waals surface area contributed by atoms with E-state index < -0.39 is 0 Å². The number of nitriles is 1. The van der Waals surface area contributed by atoms with Crippen LogP contribution in [-0.4, -0.2) is 16.0 Å². The summed E-state index contributed by atoms with van der Waals surface area (Å²) in [6.07, 6.45) is 2.96. The summed E-state index contributed by atoms with van der Waals surface area (Å²) in [5, 5.41) is 17.3. The van der Waals surface area contributed by atoms with Crippen LogP contribution in [0.15, 0.2) is 60.7 Å². The summed E-state index contributed by atoms with van der Waals surface area (Å²) >= 11 is 7.03. The van der Waals surface area contributed by atoms with Gasteiger partial charge in [0.25, 0.3) is 5.91 Å². The highest BCUT2D eigenvalue weighted by Crippen LogP contribution is 2.39. The first-order valence-corrected chi connectivity index (χ1v) is 12.4. The van der Waals surface area contributed by atoms with Gasteiger partial charge in [-0.1, -0.05) is 55.5 Å². The molecule has 34 heavy (non-hydrogen) atoms. The van der Waals surface area contributed by atoms with Gasteiger partial charge in [0.1, 0.15) is 11.1 Å². The number of rotatable bonds is 3. The number of pyridine rings is 1. The summed E-state index contributed by atoms with van der Waals surface area (Å²) in [6.45, 7) is 2.23. The predicted octanol–water partition coefficient (Wildman–Crippen LogP) is 6.09. The van der Waals surface area contributed by atoms with E-state index in [0.717, 1.165) is 47.0 Å². The van der Waals surface area contributed by atoms with Crippen molar-refractivity contribution in [1.29, 1.82) is 5.26 Å². The summed E-state index contributed by atoms with van der Waals surface area (Å²) in [5.41, 5.74) is 4.64. The van der Waals surface area contributed by atoms with E-state index in [1.807, 2.05) is 54.6 Å². The molecule has 2 aromatic carbocycles. The van der Waals surface area contributed by atoms with Crippen molar-refractivity contribution in [3.63, 3.8) is 0 Å². The fourth-order valence-electron chi connectivity index (χ4n) is 4.38. The van der Waals surface area contributed by atoms with E-state index in [1.165, 1.54) is 4.88 Å². The lowest BCUT2D eigenvalue weighted by atomic mass is 9.89. The van der Waals surface area contributed by atoms with Crippen molar-refractivity contribution in [2.24, 2.45) is 5.92 Å². The first-order chi connectivity index (χ1) is 16.5. The summed E-state index contributed by atoms with van der Waals surface area (Å²) in [5.74, 6) is 0.290. The van der Waals surface area contributed by atoms with Gasteiger partial charge >= 0.3 is 0 Å². The molecule has 1 atom stereocenters. The second-order valence-corrected chi connectivity index (χ2v) is 10.0. The van der Waals surface area contributed by atoms with E-state index in [2.05, 4.69) is 23.6 Å². The van der Waals surface area contributed by atoms with Crippen molar-refractivity contribution in [3.05, 3.63) is 82.2 Å². The lowest BCUT2D eigenvalue weighted by Crippen LogP contribution is -2.34. The Kier molecular flexibility index (Phi) is 6.10. The Hall–Kier alpha value is -3.60. The fraction of sp³-hybridized carbons (Fsp3) is 0.185. The largest absolute Gasteiger partial charge is 0.323 e. The van der Waals surface area contributed by atoms with Crippen molar-refractivity contribution >= 4 is 50.5 Å². The standard InChI is InChI=1S/C27H22N4OS2/c1-16-11-12-19-21(15-28)26(34-24(19)13-16)31-27(33)30-25(32)20-14-23(17-7-3-2-4-8-17)29-22-10-6-5-9-18(20)22/h2-10,14,16H,11-13H2,1H3,(H2,30,31,32,33)/t16-/m0/s1. The number of anilines is 1. The summed E-state index contributed by atoms with van der Waals surface area (Å²) in [6, 6.07) is 21.4. The van der Waals surface area contributed by atoms with E-state index >= 15 is 0 Å². The van der Waals surface area contributed by atoms with Gasteiger partial charge in [-0.25, -0.2) is 4.98 Å². The molecule has 168 valence electrons. The van der Waals surface area contributed by atoms with Gasteiger partial charge in [0.2, 0.25) is 0 Å². The number of carbonyl (C=O) groups is 1. The average Bonchev–Trinajstić information content (AvgIpc) is 3.19. The molecule has 0 spiro atoms. The number of benzene rings is 2. The van der Waals surface area contributed by atoms with E-state index in [-0.39, 0.29) is 11.0 Å². The molecule has 0 bridgehead atoms. The highest BCUT2D eigenvalue weighted by Gasteiger charge is 2.24. The maximum atomic E-state index is 13.3. The molecule has 0 unspecified atom stereocenters. The van der Waals surface area contributed by atoms with Crippen LogP contribution in [0.5, 0.6) is 0 Å². The molecule has 2 N–H and O–H groups in total. The molecule has 2 aromatic heterocycles. The molecular weight excluding hydrogens is 460 g/mol. The van der Waals surface area contributed by atoms with Gasteiger partial charge in [0.05, 0.1) is 22.3 Å². The van der Waals surface area contributed by atoms with Crippen molar-refractivity contribution in [3.8, 4) is 17.3 Å². The molecule has 0 fully saturated rings. The molecule has 0 saturated heterocycles. The lowest BCUT2D eigenvalue weighted by molar-refractivity contribution is 0.0979. The zero-order valence-electron chi connectivity index (χ0n) is 18.6. The van der Waals surface area contributed by atoms with Crippen LogP contribution in [0.1, 0.15) is 39.7 Å². The maximum absolute atomic E-state index is 13.3. The first kappa shape index (κ1) is 22.2. The van der Waals surface area contributed by atoms with Crippen LogP contribution in [-0.2, 0) is 12.8 Å². The quantitative estimate of drug-likeness (QED) is 0.346. The number of hydrogen-bond acceptors (Lipinski definition) is 5.